The number of aryl methyl sites for hydroxylation is 7. The second-order valence-corrected chi connectivity index (χ2v) is 16.4. The molecule has 0 aliphatic heterocycles. The van der Waals surface area contributed by atoms with E-state index in [1.54, 1.807) is 0 Å². The number of hydrogen-bond donors (Lipinski definition) is 0. The van der Waals surface area contributed by atoms with Crippen LogP contribution in [0.25, 0.3) is 88.5 Å². The third-order valence-electron chi connectivity index (χ3n) is 12.2. The normalized spacial score (nSPS) is 11.6. The molecule has 0 radical (unpaired) electrons. The van der Waals surface area contributed by atoms with Gasteiger partial charge in [-0.15, -0.1) is 0 Å². The predicted octanol–water partition coefficient (Wildman–Crippen LogP) is 14.3. The van der Waals surface area contributed by atoms with E-state index in [1.807, 2.05) is 13.0 Å². The van der Waals surface area contributed by atoms with Gasteiger partial charge in [-0.05, 0) is 154 Å². The van der Waals surface area contributed by atoms with Crippen molar-refractivity contribution in [3.63, 3.8) is 0 Å². The summed E-state index contributed by atoms with van der Waals surface area (Å²) in [5.74, 6) is 0. The zero-order valence-electron chi connectivity index (χ0n) is 34.6. The first-order chi connectivity index (χ1) is 28.6. The van der Waals surface area contributed by atoms with Crippen LogP contribution in [0.1, 0.15) is 44.6 Å². The third-order valence-corrected chi connectivity index (χ3v) is 12.2. The van der Waals surface area contributed by atoms with Crippen LogP contribution >= 0.6 is 0 Å². The molecule has 0 unspecified atom stereocenters. The van der Waals surface area contributed by atoms with E-state index in [1.165, 1.54) is 55.6 Å². The lowest BCUT2D eigenvalue weighted by atomic mass is 9.93. The molecule has 0 atom stereocenters. The molecule has 0 amide bonds. The number of nitriles is 1. The van der Waals surface area contributed by atoms with Gasteiger partial charge in [-0.2, -0.15) is 5.26 Å². The fourth-order valence-electron chi connectivity index (χ4n) is 9.98. The monoisotopic (exact) mass is 760 g/mol. The van der Waals surface area contributed by atoms with Crippen molar-refractivity contribution in [2.24, 2.45) is 0 Å². The number of rotatable bonds is 5. The topological polar surface area (TPSA) is 46.5 Å². The minimum Gasteiger partial charge on any atom is -0.308 e. The van der Waals surface area contributed by atoms with E-state index in [4.69, 9.17) is 4.98 Å². The zero-order valence-corrected chi connectivity index (χ0v) is 34.6. The molecule has 284 valence electrons. The lowest BCUT2D eigenvalue weighted by Crippen LogP contribution is -2.05. The first-order valence-electron chi connectivity index (χ1n) is 20.4. The summed E-state index contributed by atoms with van der Waals surface area (Å²) >= 11 is 0. The number of para-hydroxylation sites is 2. The summed E-state index contributed by atoms with van der Waals surface area (Å²) in [5, 5.41) is 16.0. The molecule has 0 N–H and O–H groups in total. The van der Waals surface area contributed by atoms with Crippen molar-refractivity contribution in [3.8, 4) is 51.0 Å². The molecule has 10 rings (SSSR count). The maximum atomic E-state index is 11.5. The van der Waals surface area contributed by atoms with Gasteiger partial charge in [0.05, 0.1) is 39.1 Å². The van der Waals surface area contributed by atoms with Crippen LogP contribution in [0.15, 0.2) is 140 Å². The Morgan fingerprint density at radius 1 is 0.424 bits per heavy atom. The van der Waals surface area contributed by atoms with Crippen LogP contribution < -0.4 is 0 Å². The highest BCUT2D eigenvalue weighted by molar-refractivity contribution is 6.12. The molecule has 3 aromatic heterocycles. The molecule has 4 heteroatoms. The summed E-state index contributed by atoms with van der Waals surface area (Å²) in [6.45, 7) is 15.2. The lowest BCUT2D eigenvalue weighted by molar-refractivity contribution is 1.11. The van der Waals surface area contributed by atoms with Gasteiger partial charge >= 0.3 is 0 Å². The first kappa shape index (κ1) is 36.1. The Hall–Kier alpha value is -7.22. The Morgan fingerprint density at radius 2 is 0.864 bits per heavy atom. The summed E-state index contributed by atoms with van der Waals surface area (Å²) in [7, 11) is 0. The Kier molecular flexibility index (Phi) is 8.40. The number of benzene rings is 7. The maximum absolute atomic E-state index is 11.5. The highest BCUT2D eigenvalue weighted by Crippen LogP contribution is 2.42. The van der Waals surface area contributed by atoms with Gasteiger partial charge in [-0.1, -0.05) is 90.0 Å². The number of aromatic nitrogens is 3. The predicted molar refractivity (Wildman–Crippen MR) is 247 cm³/mol. The molecule has 4 nitrogen and oxygen atoms in total. The molecule has 0 spiro atoms. The molecule has 0 bridgehead atoms. The number of pyridine rings is 1. The fourth-order valence-corrected chi connectivity index (χ4v) is 9.98. The fraction of sp³-hybridized carbons (Fsp3) is 0.127. The van der Waals surface area contributed by atoms with E-state index in [2.05, 4.69) is 190 Å². The molecule has 59 heavy (non-hydrogen) atoms. The van der Waals surface area contributed by atoms with Gasteiger partial charge in [-0.3, -0.25) is 4.98 Å². The Labute approximate surface area is 345 Å². The summed E-state index contributed by atoms with van der Waals surface area (Å²) in [4.78, 5) is 5.03. The quantitative estimate of drug-likeness (QED) is 0.175. The average Bonchev–Trinajstić information content (AvgIpc) is 3.72. The van der Waals surface area contributed by atoms with Crippen molar-refractivity contribution in [2.75, 3.05) is 0 Å². The van der Waals surface area contributed by atoms with Gasteiger partial charge in [0.1, 0.15) is 11.6 Å². The van der Waals surface area contributed by atoms with E-state index in [0.29, 0.717) is 5.56 Å². The van der Waals surface area contributed by atoms with E-state index in [0.717, 1.165) is 71.9 Å². The first-order valence-corrected chi connectivity index (χ1v) is 20.4. The number of fused-ring (bicyclic) bond motifs is 6. The SMILES string of the molecule is Cc1cc(C)c(-c2ccc3c(c2)c2ccccc2n3-c2cc(-c3cccc(C)n3)cc(-n3c4ccccc4c4cc(-c5c(C)cc(C)cc5C)ccc43)c2C#N)c(C)c1. The molecular weight excluding hydrogens is 717 g/mol. The van der Waals surface area contributed by atoms with Crippen molar-refractivity contribution in [1.29, 1.82) is 5.26 Å². The van der Waals surface area contributed by atoms with E-state index in [9.17, 15) is 5.26 Å². The molecule has 0 aliphatic rings. The van der Waals surface area contributed by atoms with Crippen LogP contribution in [0.2, 0.25) is 0 Å². The lowest BCUT2D eigenvalue weighted by Gasteiger charge is -2.18. The zero-order chi connectivity index (χ0) is 40.7. The molecule has 0 aliphatic carbocycles. The maximum Gasteiger partial charge on any atom is 0.104 e. The highest BCUT2D eigenvalue weighted by Gasteiger charge is 2.24. The summed E-state index contributed by atoms with van der Waals surface area (Å²) in [5.41, 5.74) is 21.7. The third kappa shape index (κ3) is 5.76. The van der Waals surface area contributed by atoms with Crippen molar-refractivity contribution >= 4 is 43.6 Å². The van der Waals surface area contributed by atoms with Crippen molar-refractivity contribution < 1.29 is 0 Å². The van der Waals surface area contributed by atoms with Crippen molar-refractivity contribution in [2.45, 2.75) is 48.5 Å². The van der Waals surface area contributed by atoms with Crippen LogP contribution in [0.3, 0.4) is 0 Å². The van der Waals surface area contributed by atoms with Gasteiger partial charge in [0.2, 0.25) is 0 Å². The molecule has 7 aromatic carbocycles. The largest absolute Gasteiger partial charge is 0.308 e. The molecule has 0 fully saturated rings. The van der Waals surface area contributed by atoms with E-state index >= 15 is 0 Å². The van der Waals surface area contributed by atoms with Crippen molar-refractivity contribution in [3.05, 3.63) is 184 Å². The standard InChI is InChI=1S/C55H44N4/c1-32-23-34(3)54(35(4)24-32)39-19-21-50-44(27-39)42-14-8-10-17-48(42)58(50)52-29-41(47-16-12-13-38(7)57-47)30-53(46(52)31-56)59-49-18-11-9-15-43(49)45-28-40(20-22-51(45)59)55-36(5)25-33(2)26-37(55)6/h8-30H,1-7H3. The molecular formula is C55H44N4. The van der Waals surface area contributed by atoms with Crippen LogP contribution in [-0.4, -0.2) is 14.1 Å². The number of nitrogens with zero attached hydrogens (tertiary/aromatic N) is 4. The van der Waals surface area contributed by atoms with Crippen LogP contribution in [0.4, 0.5) is 0 Å². The average molecular weight is 761 g/mol. The van der Waals surface area contributed by atoms with Gasteiger partial charge in [0, 0.05) is 32.8 Å². The van der Waals surface area contributed by atoms with Crippen LogP contribution in [-0.2, 0) is 0 Å². The minimum atomic E-state index is 0.593. The molecule has 0 saturated heterocycles. The molecule has 10 aromatic rings. The highest BCUT2D eigenvalue weighted by atomic mass is 15.0. The van der Waals surface area contributed by atoms with Crippen molar-refractivity contribution in [1.82, 2.24) is 14.1 Å². The Bertz CT molecular complexity index is 3180. The number of hydrogen-bond acceptors (Lipinski definition) is 2. The molecule has 3 heterocycles. The summed E-state index contributed by atoms with van der Waals surface area (Å²) < 4.78 is 4.58. The summed E-state index contributed by atoms with van der Waals surface area (Å²) in [6, 6.07) is 53.0. The minimum absolute atomic E-state index is 0.593. The van der Waals surface area contributed by atoms with E-state index < -0.39 is 0 Å². The molecule has 0 saturated carbocycles. The van der Waals surface area contributed by atoms with Crippen LogP contribution in [0.5, 0.6) is 0 Å². The van der Waals surface area contributed by atoms with Gasteiger partial charge < -0.3 is 9.13 Å². The smallest absolute Gasteiger partial charge is 0.104 e. The van der Waals surface area contributed by atoms with Gasteiger partial charge in [0.15, 0.2) is 0 Å². The Balaban J connectivity index is 1.29. The second-order valence-electron chi connectivity index (χ2n) is 16.4. The van der Waals surface area contributed by atoms with Gasteiger partial charge in [0.25, 0.3) is 0 Å². The van der Waals surface area contributed by atoms with E-state index in [-0.39, 0.29) is 0 Å². The summed E-state index contributed by atoms with van der Waals surface area (Å²) in [6.07, 6.45) is 0. The van der Waals surface area contributed by atoms with Crippen LogP contribution in [0, 0.1) is 59.8 Å². The Morgan fingerprint density at radius 3 is 1.31 bits per heavy atom. The second kappa shape index (κ2) is 13.7. The van der Waals surface area contributed by atoms with Gasteiger partial charge in [-0.25, -0.2) is 0 Å².